The highest BCUT2D eigenvalue weighted by molar-refractivity contribution is 7.08. The highest BCUT2D eigenvalue weighted by Crippen LogP contribution is 2.38. The summed E-state index contributed by atoms with van der Waals surface area (Å²) < 4.78 is 6.09. The van der Waals surface area contributed by atoms with Crippen molar-refractivity contribution >= 4 is 34.5 Å². The van der Waals surface area contributed by atoms with Gasteiger partial charge in [-0.15, -0.1) is 0 Å². The van der Waals surface area contributed by atoms with Gasteiger partial charge in [0, 0.05) is 43.4 Å². The molecule has 4 heterocycles. The molecule has 0 radical (unpaired) electrons. The summed E-state index contributed by atoms with van der Waals surface area (Å²) in [6.07, 6.45) is 4.95. The molecule has 162 valence electrons. The first-order valence-corrected chi connectivity index (χ1v) is 13.0. The van der Waals surface area contributed by atoms with Crippen LogP contribution in [0.5, 0.6) is 0 Å². The van der Waals surface area contributed by atoms with E-state index in [9.17, 15) is 4.79 Å². The predicted octanol–water partition coefficient (Wildman–Crippen LogP) is 6.19. The standard InChI is InChI=1S/C25H28N2O2S2/c28-25(26(23-10-13-31-18-23)11-8-20-9-12-30-17-20)29-24-14-21-6-7-22(15-24)27(21)16-19-4-2-1-3-5-19/h1-5,9-10,12-13,17-18,21-22,24H,6-8,11,14-16H2. The Morgan fingerprint density at radius 1 is 0.968 bits per heavy atom. The molecule has 2 aliphatic heterocycles. The second-order valence-electron chi connectivity index (χ2n) is 8.53. The molecule has 0 aliphatic carbocycles. The number of carbonyl (C=O) groups is 1. The maximum absolute atomic E-state index is 13.2. The van der Waals surface area contributed by atoms with Gasteiger partial charge in [-0.05, 0) is 58.7 Å². The number of benzene rings is 1. The van der Waals surface area contributed by atoms with Crippen LogP contribution in [-0.2, 0) is 17.7 Å². The molecule has 2 bridgehead atoms. The molecule has 1 amide bonds. The maximum atomic E-state index is 13.2. The van der Waals surface area contributed by atoms with E-state index < -0.39 is 0 Å². The fourth-order valence-electron chi connectivity index (χ4n) is 4.99. The highest BCUT2D eigenvalue weighted by atomic mass is 32.1. The number of hydrogen-bond acceptors (Lipinski definition) is 5. The van der Waals surface area contributed by atoms with Gasteiger partial charge in [0.05, 0.1) is 5.69 Å². The van der Waals surface area contributed by atoms with Crippen molar-refractivity contribution in [3.05, 3.63) is 75.1 Å². The number of amides is 1. The van der Waals surface area contributed by atoms with Crippen LogP contribution in [0.4, 0.5) is 10.5 Å². The number of hydrogen-bond donors (Lipinski definition) is 0. The number of anilines is 1. The Labute approximate surface area is 192 Å². The topological polar surface area (TPSA) is 32.8 Å². The highest BCUT2D eigenvalue weighted by Gasteiger charge is 2.42. The Morgan fingerprint density at radius 3 is 2.39 bits per heavy atom. The minimum atomic E-state index is -0.200. The molecule has 5 rings (SSSR count). The summed E-state index contributed by atoms with van der Waals surface area (Å²) in [4.78, 5) is 17.6. The van der Waals surface area contributed by atoms with Crippen LogP contribution in [0, 0.1) is 0 Å². The average Bonchev–Trinajstić information content (AvgIpc) is 3.53. The minimum absolute atomic E-state index is 0.0132. The van der Waals surface area contributed by atoms with E-state index in [4.69, 9.17) is 4.74 Å². The molecule has 1 aromatic carbocycles. The normalized spacial score (nSPS) is 23.0. The molecule has 2 fully saturated rings. The lowest BCUT2D eigenvalue weighted by atomic mass is 9.99. The van der Waals surface area contributed by atoms with Gasteiger partial charge in [-0.2, -0.15) is 22.7 Å². The molecule has 0 spiro atoms. The zero-order valence-electron chi connectivity index (χ0n) is 17.6. The van der Waals surface area contributed by atoms with Crippen molar-refractivity contribution in [2.45, 2.75) is 56.8 Å². The molecule has 2 aromatic heterocycles. The third-order valence-corrected chi connectivity index (χ3v) is 7.96. The number of ether oxygens (including phenoxy) is 1. The van der Waals surface area contributed by atoms with Gasteiger partial charge in [0.2, 0.25) is 0 Å². The molecule has 4 nitrogen and oxygen atoms in total. The first-order valence-electron chi connectivity index (χ1n) is 11.1. The second kappa shape index (κ2) is 9.55. The fraction of sp³-hybridized carbons (Fsp3) is 0.400. The van der Waals surface area contributed by atoms with Gasteiger partial charge in [0.15, 0.2) is 0 Å². The van der Waals surface area contributed by atoms with Crippen LogP contribution in [0.1, 0.15) is 36.8 Å². The van der Waals surface area contributed by atoms with Crippen molar-refractivity contribution < 1.29 is 9.53 Å². The lowest BCUT2D eigenvalue weighted by Crippen LogP contribution is -2.46. The molecule has 31 heavy (non-hydrogen) atoms. The van der Waals surface area contributed by atoms with Gasteiger partial charge in [0.25, 0.3) is 0 Å². The molecule has 2 unspecified atom stereocenters. The van der Waals surface area contributed by atoms with Crippen molar-refractivity contribution in [3.8, 4) is 0 Å². The van der Waals surface area contributed by atoms with Crippen molar-refractivity contribution in [2.24, 2.45) is 0 Å². The molecule has 6 heteroatoms. The molecule has 2 atom stereocenters. The van der Waals surface area contributed by atoms with Crippen LogP contribution >= 0.6 is 22.7 Å². The molecule has 0 N–H and O–H groups in total. The largest absolute Gasteiger partial charge is 0.446 e. The van der Waals surface area contributed by atoms with Crippen molar-refractivity contribution in [1.82, 2.24) is 4.90 Å². The molecule has 2 aliphatic rings. The first kappa shape index (κ1) is 20.7. The summed E-state index contributed by atoms with van der Waals surface area (Å²) in [7, 11) is 0. The molecular formula is C25H28N2O2S2. The van der Waals surface area contributed by atoms with Crippen LogP contribution in [0.15, 0.2) is 64.0 Å². The van der Waals surface area contributed by atoms with Crippen LogP contribution in [-0.4, -0.2) is 35.7 Å². The Morgan fingerprint density at radius 2 is 1.71 bits per heavy atom. The Kier molecular flexibility index (Phi) is 6.39. The van der Waals surface area contributed by atoms with Crippen molar-refractivity contribution in [2.75, 3.05) is 11.4 Å². The molecule has 3 aromatic rings. The monoisotopic (exact) mass is 452 g/mol. The lowest BCUT2D eigenvalue weighted by molar-refractivity contribution is 0.0173. The van der Waals surface area contributed by atoms with E-state index in [1.54, 1.807) is 22.7 Å². The summed E-state index contributed by atoms with van der Waals surface area (Å²) in [6, 6.07) is 15.9. The number of rotatable bonds is 7. The van der Waals surface area contributed by atoms with E-state index in [2.05, 4.69) is 52.1 Å². The first-order chi connectivity index (χ1) is 15.3. The average molecular weight is 453 g/mol. The number of nitrogens with zero attached hydrogens (tertiary/aromatic N) is 2. The van der Waals surface area contributed by atoms with E-state index in [1.807, 2.05) is 21.7 Å². The van der Waals surface area contributed by atoms with E-state index in [1.165, 1.54) is 24.0 Å². The molecule has 2 saturated heterocycles. The molecular weight excluding hydrogens is 424 g/mol. The summed E-state index contributed by atoms with van der Waals surface area (Å²) in [5, 5.41) is 8.28. The Balaban J connectivity index is 1.21. The van der Waals surface area contributed by atoms with Crippen molar-refractivity contribution in [1.29, 1.82) is 0 Å². The summed E-state index contributed by atoms with van der Waals surface area (Å²) in [5.74, 6) is 0. The smallest absolute Gasteiger partial charge is 0.414 e. The summed E-state index contributed by atoms with van der Waals surface area (Å²) in [5.41, 5.74) is 3.58. The van der Waals surface area contributed by atoms with E-state index in [0.717, 1.165) is 31.5 Å². The number of fused-ring (bicyclic) bond motifs is 2. The zero-order chi connectivity index (χ0) is 21.0. The maximum Gasteiger partial charge on any atom is 0.414 e. The number of thiophene rings is 2. The lowest BCUT2D eigenvalue weighted by Gasteiger charge is -2.39. The van der Waals surface area contributed by atoms with Gasteiger partial charge in [-0.25, -0.2) is 4.79 Å². The molecule has 0 saturated carbocycles. The van der Waals surface area contributed by atoms with E-state index >= 15 is 0 Å². The van der Waals surface area contributed by atoms with Crippen molar-refractivity contribution in [3.63, 3.8) is 0 Å². The predicted molar refractivity (Wildman–Crippen MR) is 128 cm³/mol. The number of piperidine rings is 1. The van der Waals surface area contributed by atoms with Gasteiger partial charge in [0.1, 0.15) is 6.10 Å². The SMILES string of the molecule is O=C(OC1CC2CCC(C1)N2Cc1ccccc1)N(CCc1ccsc1)c1ccsc1. The number of carbonyl (C=O) groups excluding carboxylic acids is 1. The van der Waals surface area contributed by atoms with Crippen LogP contribution < -0.4 is 4.90 Å². The summed E-state index contributed by atoms with van der Waals surface area (Å²) in [6.45, 7) is 1.64. The summed E-state index contributed by atoms with van der Waals surface area (Å²) >= 11 is 3.31. The quantitative estimate of drug-likeness (QED) is 0.428. The van der Waals surface area contributed by atoms with Gasteiger partial charge < -0.3 is 4.74 Å². The van der Waals surface area contributed by atoms with E-state index in [-0.39, 0.29) is 12.2 Å². The van der Waals surface area contributed by atoms with Crippen LogP contribution in [0.3, 0.4) is 0 Å². The van der Waals surface area contributed by atoms with E-state index in [0.29, 0.717) is 18.6 Å². The van der Waals surface area contributed by atoms with Gasteiger partial charge in [-0.3, -0.25) is 9.80 Å². The third-order valence-electron chi connectivity index (χ3n) is 6.56. The third kappa shape index (κ3) is 4.86. The zero-order valence-corrected chi connectivity index (χ0v) is 19.2. The second-order valence-corrected chi connectivity index (χ2v) is 10.1. The fourth-order valence-corrected chi connectivity index (χ4v) is 6.34. The van der Waals surface area contributed by atoms with Gasteiger partial charge in [-0.1, -0.05) is 30.3 Å². The minimum Gasteiger partial charge on any atom is -0.446 e. The van der Waals surface area contributed by atoms with Crippen LogP contribution in [0.2, 0.25) is 0 Å². The van der Waals surface area contributed by atoms with Crippen LogP contribution in [0.25, 0.3) is 0 Å². The van der Waals surface area contributed by atoms with Gasteiger partial charge >= 0.3 is 6.09 Å². The Hall–Kier alpha value is -2.15. The Bertz CT molecular complexity index is 945.